The first kappa shape index (κ1) is 17.9. The van der Waals surface area contributed by atoms with E-state index < -0.39 is 0 Å². The molecule has 0 saturated carbocycles. The predicted molar refractivity (Wildman–Crippen MR) is 111 cm³/mol. The first-order chi connectivity index (χ1) is 14.2. The first-order valence-electron chi connectivity index (χ1n) is 10.2. The van der Waals surface area contributed by atoms with Crippen molar-refractivity contribution in [3.05, 3.63) is 24.0 Å². The van der Waals surface area contributed by atoms with Crippen molar-refractivity contribution in [3.63, 3.8) is 0 Å². The van der Waals surface area contributed by atoms with Crippen LogP contribution in [0.1, 0.15) is 37.8 Å². The zero-order chi connectivity index (χ0) is 19.8. The Morgan fingerprint density at radius 1 is 1.28 bits per heavy atom. The topological polar surface area (TPSA) is 121 Å². The van der Waals surface area contributed by atoms with Crippen molar-refractivity contribution in [2.45, 2.75) is 57.2 Å². The SMILES string of the molecule is Cc1cc(Nc2nc(NC3CC4CC[C@@H](C3)N4CCC#N)nc3[nH]ccc23)n[nH]1. The zero-order valence-corrected chi connectivity index (χ0v) is 16.4. The Hall–Kier alpha value is -3.12. The molecular formula is C20H25N9. The Balaban J connectivity index is 1.34. The summed E-state index contributed by atoms with van der Waals surface area (Å²) in [4.78, 5) is 15.1. The van der Waals surface area contributed by atoms with Crippen LogP contribution in [0, 0.1) is 18.3 Å². The van der Waals surface area contributed by atoms with Crippen LogP contribution in [-0.2, 0) is 0 Å². The molecule has 0 amide bonds. The lowest BCUT2D eigenvalue weighted by Crippen LogP contribution is -2.47. The van der Waals surface area contributed by atoms with Gasteiger partial charge in [-0.2, -0.15) is 20.3 Å². The van der Waals surface area contributed by atoms with Crippen LogP contribution >= 0.6 is 0 Å². The molecule has 3 aromatic rings. The minimum absolute atomic E-state index is 0.346. The van der Waals surface area contributed by atoms with E-state index in [9.17, 15) is 0 Å². The van der Waals surface area contributed by atoms with Gasteiger partial charge in [-0.15, -0.1) is 0 Å². The first-order valence-corrected chi connectivity index (χ1v) is 10.2. The van der Waals surface area contributed by atoms with Gasteiger partial charge in [-0.25, -0.2) is 0 Å². The monoisotopic (exact) mass is 391 g/mol. The minimum Gasteiger partial charge on any atom is -0.351 e. The van der Waals surface area contributed by atoms with Gasteiger partial charge in [0.05, 0.1) is 11.5 Å². The van der Waals surface area contributed by atoms with Crippen molar-refractivity contribution in [1.82, 2.24) is 30.0 Å². The lowest BCUT2D eigenvalue weighted by molar-refractivity contribution is 0.135. The van der Waals surface area contributed by atoms with Gasteiger partial charge in [0, 0.05) is 49.0 Å². The molecule has 2 fully saturated rings. The molecule has 3 aromatic heterocycles. The van der Waals surface area contributed by atoms with Gasteiger partial charge in [0.25, 0.3) is 0 Å². The second-order valence-electron chi connectivity index (χ2n) is 8.04. The normalized spacial score (nSPS) is 23.9. The van der Waals surface area contributed by atoms with Gasteiger partial charge in [0.2, 0.25) is 5.95 Å². The summed E-state index contributed by atoms with van der Waals surface area (Å²) in [5, 5.41) is 23.9. The van der Waals surface area contributed by atoms with Crippen LogP contribution in [0.25, 0.3) is 11.0 Å². The Morgan fingerprint density at radius 2 is 2.10 bits per heavy atom. The van der Waals surface area contributed by atoms with E-state index in [1.54, 1.807) is 0 Å². The van der Waals surface area contributed by atoms with Gasteiger partial charge in [0.1, 0.15) is 11.5 Å². The number of aromatic nitrogens is 5. The van der Waals surface area contributed by atoms with E-state index in [4.69, 9.17) is 10.2 Å². The predicted octanol–water partition coefficient (Wildman–Crippen LogP) is 3.05. The van der Waals surface area contributed by atoms with Gasteiger partial charge in [0.15, 0.2) is 5.82 Å². The van der Waals surface area contributed by atoms with E-state index in [1.165, 1.54) is 12.8 Å². The lowest BCUT2D eigenvalue weighted by Gasteiger charge is -2.38. The lowest BCUT2D eigenvalue weighted by atomic mass is 9.97. The van der Waals surface area contributed by atoms with Crippen LogP contribution in [0.5, 0.6) is 0 Å². The molecule has 29 heavy (non-hydrogen) atoms. The van der Waals surface area contributed by atoms with Gasteiger partial charge in [-0.3, -0.25) is 10.00 Å². The van der Waals surface area contributed by atoms with Crippen LogP contribution < -0.4 is 10.6 Å². The van der Waals surface area contributed by atoms with Crippen LogP contribution in [0.15, 0.2) is 18.3 Å². The molecule has 2 aliphatic heterocycles. The molecule has 5 heterocycles. The van der Waals surface area contributed by atoms with Crippen molar-refractivity contribution in [1.29, 1.82) is 5.26 Å². The molecule has 2 bridgehead atoms. The molecule has 0 radical (unpaired) electrons. The zero-order valence-electron chi connectivity index (χ0n) is 16.4. The minimum atomic E-state index is 0.346. The van der Waals surface area contributed by atoms with Gasteiger partial charge in [-0.05, 0) is 38.7 Å². The molecule has 2 aliphatic rings. The second kappa shape index (κ2) is 7.37. The molecule has 150 valence electrons. The van der Waals surface area contributed by atoms with Crippen molar-refractivity contribution in [2.75, 3.05) is 17.2 Å². The van der Waals surface area contributed by atoms with Crippen LogP contribution in [0.4, 0.5) is 17.6 Å². The summed E-state index contributed by atoms with van der Waals surface area (Å²) in [5.74, 6) is 2.10. The van der Waals surface area contributed by atoms with Crippen LogP contribution in [0.3, 0.4) is 0 Å². The summed E-state index contributed by atoms with van der Waals surface area (Å²) in [5.41, 5.74) is 1.79. The average Bonchev–Trinajstić information content (AvgIpc) is 3.39. The maximum Gasteiger partial charge on any atom is 0.226 e. The number of piperidine rings is 1. The quantitative estimate of drug-likeness (QED) is 0.509. The molecule has 9 heteroatoms. The molecule has 2 saturated heterocycles. The number of rotatable bonds is 6. The molecule has 4 N–H and O–H groups in total. The number of nitriles is 1. The van der Waals surface area contributed by atoms with E-state index >= 15 is 0 Å². The van der Waals surface area contributed by atoms with E-state index in [1.807, 2.05) is 25.3 Å². The Bertz CT molecular complexity index is 1030. The number of fused-ring (bicyclic) bond motifs is 3. The number of aromatic amines is 2. The largest absolute Gasteiger partial charge is 0.351 e. The summed E-state index contributed by atoms with van der Waals surface area (Å²) in [6.07, 6.45) is 7.05. The van der Waals surface area contributed by atoms with E-state index in [0.717, 1.165) is 47.7 Å². The Morgan fingerprint density at radius 3 is 2.83 bits per heavy atom. The fourth-order valence-corrected chi connectivity index (χ4v) is 4.82. The van der Waals surface area contributed by atoms with Gasteiger partial charge < -0.3 is 15.6 Å². The third-order valence-corrected chi connectivity index (χ3v) is 6.07. The molecule has 0 aromatic carbocycles. The molecule has 2 unspecified atom stereocenters. The average molecular weight is 391 g/mol. The number of H-pyrrole nitrogens is 2. The third-order valence-electron chi connectivity index (χ3n) is 6.07. The molecule has 3 atom stereocenters. The maximum atomic E-state index is 8.92. The summed E-state index contributed by atoms with van der Waals surface area (Å²) in [7, 11) is 0. The van der Waals surface area contributed by atoms with Crippen molar-refractivity contribution < 1.29 is 0 Å². The van der Waals surface area contributed by atoms with Crippen LogP contribution in [-0.4, -0.2) is 54.7 Å². The standard InChI is InChI=1S/C20H25N9/c1-12-9-17(28-27-12)24-19-16-5-7-22-18(16)25-20(26-19)23-13-10-14-3-4-15(11-13)29(14)8-2-6-21/h5,7,9,13-15H,2-4,8,10-11H2,1H3,(H4,22,23,24,25,26,27,28)/t13?,14-,15?/m0/s1. The number of aryl methyl sites for hydroxylation is 1. The van der Waals surface area contributed by atoms with E-state index in [2.05, 4.69) is 41.8 Å². The van der Waals surface area contributed by atoms with Gasteiger partial charge in [-0.1, -0.05) is 0 Å². The number of anilines is 3. The fourth-order valence-electron chi connectivity index (χ4n) is 4.82. The number of hydrogen-bond acceptors (Lipinski definition) is 7. The number of hydrogen-bond donors (Lipinski definition) is 4. The van der Waals surface area contributed by atoms with Gasteiger partial charge >= 0.3 is 0 Å². The molecular weight excluding hydrogens is 366 g/mol. The number of nitrogens with one attached hydrogen (secondary N) is 4. The Kier molecular flexibility index (Phi) is 4.56. The van der Waals surface area contributed by atoms with Crippen molar-refractivity contribution in [2.24, 2.45) is 0 Å². The highest BCUT2D eigenvalue weighted by molar-refractivity contribution is 5.89. The van der Waals surface area contributed by atoms with Crippen molar-refractivity contribution >= 4 is 28.6 Å². The fraction of sp³-hybridized carbons (Fsp3) is 0.500. The highest BCUT2D eigenvalue weighted by Gasteiger charge is 2.40. The molecule has 0 spiro atoms. The Labute approximate surface area is 168 Å². The molecule has 0 aliphatic carbocycles. The highest BCUT2D eigenvalue weighted by atomic mass is 15.3. The summed E-state index contributed by atoms with van der Waals surface area (Å²) >= 11 is 0. The summed E-state index contributed by atoms with van der Waals surface area (Å²) in [6, 6.07) is 7.65. The van der Waals surface area contributed by atoms with E-state index in [0.29, 0.717) is 30.5 Å². The molecule has 5 rings (SSSR count). The second-order valence-corrected chi connectivity index (χ2v) is 8.04. The molecule has 9 nitrogen and oxygen atoms in total. The summed E-state index contributed by atoms with van der Waals surface area (Å²) in [6.45, 7) is 2.86. The highest BCUT2D eigenvalue weighted by Crippen LogP contribution is 2.37. The maximum absolute atomic E-state index is 8.92. The van der Waals surface area contributed by atoms with Crippen molar-refractivity contribution in [3.8, 4) is 6.07 Å². The van der Waals surface area contributed by atoms with Crippen LogP contribution in [0.2, 0.25) is 0 Å². The number of nitrogens with zero attached hydrogens (tertiary/aromatic N) is 5. The summed E-state index contributed by atoms with van der Waals surface area (Å²) < 4.78 is 0. The van der Waals surface area contributed by atoms with E-state index in [-0.39, 0.29) is 0 Å². The smallest absolute Gasteiger partial charge is 0.226 e. The third kappa shape index (κ3) is 3.51.